The van der Waals surface area contributed by atoms with Gasteiger partial charge in [0.2, 0.25) is 0 Å². The van der Waals surface area contributed by atoms with Gasteiger partial charge in [0, 0.05) is 25.0 Å². The molecule has 3 rings (SSSR count). The van der Waals surface area contributed by atoms with E-state index in [4.69, 9.17) is 11.6 Å². The van der Waals surface area contributed by atoms with Gasteiger partial charge in [-0.15, -0.1) is 0 Å². The molecule has 2 heterocycles. The Morgan fingerprint density at radius 3 is 2.95 bits per heavy atom. The molecule has 2 aromatic heterocycles. The third kappa shape index (κ3) is 3.23. The maximum Gasteiger partial charge on any atom is 0.137 e. The number of fused-ring (bicyclic) bond motifs is 1. The average molecular weight is 304 g/mol. The first kappa shape index (κ1) is 14.0. The van der Waals surface area contributed by atoms with Crippen molar-refractivity contribution in [1.29, 1.82) is 0 Å². The number of pyridine rings is 1. The van der Waals surface area contributed by atoms with Gasteiger partial charge in [0.05, 0.1) is 10.7 Å². The summed E-state index contributed by atoms with van der Waals surface area (Å²) < 4.78 is 15.1. The average Bonchev–Trinajstić information content (AvgIpc) is 2.86. The minimum atomic E-state index is -0.219. The highest BCUT2D eigenvalue weighted by atomic mass is 35.5. The number of benzene rings is 1. The van der Waals surface area contributed by atoms with Gasteiger partial charge in [-0.3, -0.25) is 0 Å². The molecule has 5 heteroatoms. The first-order chi connectivity index (χ1) is 10.1. The summed E-state index contributed by atoms with van der Waals surface area (Å²) in [7, 11) is 0. The van der Waals surface area contributed by atoms with E-state index in [1.165, 1.54) is 6.07 Å². The van der Waals surface area contributed by atoms with Crippen molar-refractivity contribution < 1.29 is 4.39 Å². The van der Waals surface area contributed by atoms with Crippen LogP contribution in [-0.2, 0) is 6.54 Å². The predicted molar refractivity (Wildman–Crippen MR) is 81.9 cm³/mol. The van der Waals surface area contributed by atoms with Gasteiger partial charge in [-0.05, 0) is 36.8 Å². The van der Waals surface area contributed by atoms with Crippen LogP contribution in [0.1, 0.15) is 24.2 Å². The molecule has 0 aliphatic heterocycles. The first-order valence-corrected chi connectivity index (χ1v) is 7.11. The summed E-state index contributed by atoms with van der Waals surface area (Å²) in [5.74, 6) is -0.219. The minimum Gasteiger partial charge on any atom is -0.305 e. The van der Waals surface area contributed by atoms with Gasteiger partial charge < -0.3 is 9.72 Å². The summed E-state index contributed by atoms with van der Waals surface area (Å²) in [6.45, 7) is 2.61. The van der Waals surface area contributed by atoms with Crippen molar-refractivity contribution in [1.82, 2.24) is 14.7 Å². The molecule has 0 unspecified atom stereocenters. The van der Waals surface area contributed by atoms with Crippen LogP contribution in [-0.4, -0.2) is 9.38 Å². The van der Waals surface area contributed by atoms with E-state index in [1.54, 1.807) is 12.1 Å². The zero-order chi connectivity index (χ0) is 14.8. The lowest BCUT2D eigenvalue weighted by atomic mass is 10.1. The molecule has 0 saturated heterocycles. The lowest BCUT2D eigenvalue weighted by Gasteiger charge is -2.13. The molecule has 0 amide bonds. The van der Waals surface area contributed by atoms with Crippen molar-refractivity contribution >= 4 is 17.2 Å². The van der Waals surface area contributed by atoms with E-state index in [0.717, 1.165) is 16.9 Å². The standard InChI is InChI=1S/C16H15ClFN3/c1-11(12-3-2-4-14(18)7-12)19-8-15-10-21-9-13(17)5-6-16(21)20-15/h2-7,9-11,19H,8H2,1H3/t11-/m1/s1. The zero-order valence-electron chi connectivity index (χ0n) is 11.6. The minimum absolute atomic E-state index is 0.0501. The number of imidazole rings is 1. The Balaban J connectivity index is 1.71. The Morgan fingerprint density at radius 1 is 1.29 bits per heavy atom. The smallest absolute Gasteiger partial charge is 0.137 e. The number of hydrogen-bond donors (Lipinski definition) is 1. The van der Waals surface area contributed by atoms with E-state index >= 15 is 0 Å². The molecule has 21 heavy (non-hydrogen) atoms. The normalized spacial score (nSPS) is 12.7. The zero-order valence-corrected chi connectivity index (χ0v) is 12.3. The summed E-state index contributed by atoms with van der Waals surface area (Å²) in [5.41, 5.74) is 2.69. The molecule has 0 radical (unpaired) electrons. The van der Waals surface area contributed by atoms with Crippen molar-refractivity contribution in [2.45, 2.75) is 19.5 Å². The summed E-state index contributed by atoms with van der Waals surface area (Å²) in [6.07, 6.45) is 3.76. The van der Waals surface area contributed by atoms with Crippen molar-refractivity contribution in [2.75, 3.05) is 0 Å². The monoisotopic (exact) mass is 303 g/mol. The summed E-state index contributed by atoms with van der Waals surface area (Å²) >= 11 is 5.95. The summed E-state index contributed by atoms with van der Waals surface area (Å²) in [6, 6.07) is 10.4. The predicted octanol–water partition coefficient (Wildman–Crippen LogP) is 3.98. The van der Waals surface area contributed by atoms with E-state index < -0.39 is 0 Å². The van der Waals surface area contributed by atoms with E-state index in [-0.39, 0.29) is 11.9 Å². The van der Waals surface area contributed by atoms with Crippen LogP contribution in [0.4, 0.5) is 4.39 Å². The molecular weight excluding hydrogens is 289 g/mol. The Bertz CT molecular complexity index is 769. The number of nitrogens with one attached hydrogen (secondary N) is 1. The van der Waals surface area contributed by atoms with Crippen molar-refractivity contribution in [3.05, 3.63) is 70.9 Å². The fourth-order valence-corrected chi connectivity index (χ4v) is 2.42. The highest BCUT2D eigenvalue weighted by Crippen LogP contribution is 2.15. The Labute approximate surface area is 127 Å². The van der Waals surface area contributed by atoms with E-state index in [1.807, 2.05) is 41.9 Å². The molecule has 0 spiro atoms. The van der Waals surface area contributed by atoms with Crippen LogP contribution in [0.15, 0.2) is 48.8 Å². The molecule has 3 aromatic rings. The third-order valence-electron chi connectivity index (χ3n) is 3.40. The van der Waals surface area contributed by atoms with Crippen LogP contribution in [0.5, 0.6) is 0 Å². The largest absolute Gasteiger partial charge is 0.305 e. The maximum atomic E-state index is 13.2. The van der Waals surface area contributed by atoms with Gasteiger partial charge in [0.25, 0.3) is 0 Å². The molecule has 0 saturated carbocycles. The second-order valence-corrected chi connectivity index (χ2v) is 5.44. The lowest BCUT2D eigenvalue weighted by molar-refractivity contribution is 0.560. The Kier molecular flexibility index (Phi) is 3.90. The van der Waals surface area contributed by atoms with Crippen molar-refractivity contribution in [2.24, 2.45) is 0 Å². The van der Waals surface area contributed by atoms with Crippen LogP contribution in [0, 0.1) is 5.82 Å². The van der Waals surface area contributed by atoms with E-state index in [9.17, 15) is 4.39 Å². The Hall–Kier alpha value is -1.91. The SMILES string of the molecule is C[C@@H](NCc1cn2cc(Cl)ccc2n1)c1cccc(F)c1. The molecule has 0 bridgehead atoms. The van der Waals surface area contributed by atoms with Gasteiger partial charge in [0.1, 0.15) is 11.5 Å². The molecule has 1 aromatic carbocycles. The second-order valence-electron chi connectivity index (χ2n) is 5.00. The number of halogens is 2. The molecule has 0 aliphatic rings. The quantitative estimate of drug-likeness (QED) is 0.790. The molecule has 108 valence electrons. The maximum absolute atomic E-state index is 13.2. The van der Waals surface area contributed by atoms with Crippen LogP contribution < -0.4 is 5.32 Å². The molecule has 0 aliphatic carbocycles. The van der Waals surface area contributed by atoms with Crippen LogP contribution in [0.3, 0.4) is 0 Å². The fraction of sp³-hybridized carbons (Fsp3) is 0.188. The molecular formula is C16H15ClFN3. The molecule has 1 atom stereocenters. The number of nitrogens with zero attached hydrogens (tertiary/aromatic N) is 2. The summed E-state index contributed by atoms with van der Waals surface area (Å²) in [5, 5.41) is 4.02. The fourth-order valence-electron chi connectivity index (χ4n) is 2.25. The first-order valence-electron chi connectivity index (χ1n) is 6.74. The van der Waals surface area contributed by atoms with Gasteiger partial charge in [-0.2, -0.15) is 0 Å². The lowest BCUT2D eigenvalue weighted by Crippen LogP contribution is -2.18. The van der Waals surface area contributed by atoms with Crippen LogP contribution >= 0.6 is 11.6 Å². The number of rotatable bonds is 4. The van der Waals surface area contributed by atoms with Crippen LogP contribution in [0.25, 0.3) is 5.65 Å². The molecule has 1 N–H and O–H groups in total. The molecule has 0 fully saturated rings. The van der Waals surface area contributed by atoms with Gasteiger partial charge in [0.15, 0.2) is 0 Å². The summed E-state index contributed by atoms with van der Waals surface area (Å²) in [4.78, 5) is 4.50. The second kappa shape index (κ2) is 5.84. The van der Waals surface area contributed by atoms with Crippen molar-refractivity contribution in [3.8, 4) is 0 Å². The number of hydrogen-bond acceptors (Lipinski definition) is 2. The van der Waals surface area contributed by atoms with E-state index in [2.05, 4.69) is 10.3 Å². The highest BCUT2D eigenvalue weighted by Gasteiger charge is 2.07. The van der Waals surface area contributed by atoms with Gasteiger partial charge >= 0.3 is 0 Å². The highest BCUT2D eigenvalue weighted by molar-refractivity contribution is 6.30. The van der Waals surface area contributed by atoms with Crippen molar-refractivity contribution in [3.63, 3.8) is 0 Å². The van der Waals surface area contributed by atoms with Crippen LogP contribution in [0.2, 0.25) is 5.02 Å². The third-order valence-corrected chi connectivity index (χ3v) is 3.63. The number of aromatic nitrogens is 2. The topological polar surface area (TPSA) is 29.3 Å². The van der Waals surface area contributed by atoms with E-state index in [0.29, 0.717) is 11.6 Å². The van der Waals surface area contributed by atoms with Gasteiger partial charge in [-0.25, -0.2) is 9.37 Å². The van der Waals surface area contributed by atoms with Gasteiger partial charge in [-0.1, -0.05) is 23.7 Å². The Morgan fingerprint density at radius 2 is 2.14 bits per heavy atom. The molecule has 3 nitrogen and oxygen atoms in total.